The van der Waals surface area contributed by atoms with Gasteiger partial charge in [-0.15, -0.1) is 11.3 Å². The van der Waals surface area contributed by atoms with E-state index in [-0.39, 0.29) is 40.4 Å². The van der Waals surface area contributed by atoms with Crippen LogP contribution in [0.2, 0.25) is 0 Å². The van der Waals surface area contributed by atoms with Gasteiger partial charge in [0.15, 0.2) is 18.2 Å². The molecule has 188 valence electrons. The number of carbonyl (C=O) groups is 1. The molecule has 0 spiro atoms. The number of primary amides is 1. The van der Waals surface area contributed by atoms with E-state index in [1.807, 2.05) is 30.3 Å². The lowest BCUT2D eigenvalue weighted by molar-refractivity contribution is -0.119. The Kier molecular flexibility index (Phi) is 6.38. The van der Waals surface area contributed by atoms with Crippen LogP contribution >= 0.6 is 18.9 Å². The minimum absolute atomic E-state index is 0.0881. The Morgan fingerprint density at radius 1 is 1.16 bits per heavy atom. The minimum Gasteiger partial charge on any atom is -0.505 e. The molecule has 3 heterocycles. The second-order valence-electron chi connectivity index (χ2n) is 8.05. The first kappa shape index (κ1) is 24.4. The number of rotatable bonds is 7. The van der Waals surface area contributed by atoms with Crippen LogP contribution in [0.3, 0.4) is 0 Å². The zero-order chi connectivity index (χ0) is 26.2. The van der Waals surface area contributed by atoms with Crippen molar-refractivity contribution < 1.29 is 24.1 Å². The molecule has 2 aromatic carbocycles. The molecule has 5 rings (SSSR count). The van der Waals surface area contributed by atoms with Crippen molar-refractivity contribution in [2.45, 2.75) is 6.54 Å². The van der Waals surface area contributed by atoms with Crippen LogP contribution in [0.5, 0.6) is 11.5 Å². The van der Waals surface area contributed by atoms with E-state index in [0.29, 0.717) is 4.88 Å². The first-order valence-corrected chi connectivity index (χ1v) is 13.4. The molecule has 1 amide bonds. The number of fused-ring (bicyclic) bond motifs is 1. The van der Waals surface area contributed by atoms with E-state index in [1.165, 1.54) is 34.2 Å². The Balaban J connectivity index is 1.63. The Morgan fingerprint density at radius 2 is 1.95 bits per heavy atom. The Morgan fingerprint density at radius 3 is 2.65 bits per heavy atom. The maximum absolute atomic E-state index is 13.5. The third-order valence-electron chi connectivity index (χ3n) is 5.45. The molecule has 0 saturated heterocycles. The van der Waals surface area contributed by atoms with Gasteiger partial charge in [0.1, 0.15) is 17.0 Å². The SMILES string of the molecule is NC(=O)COc1ccc2c(c1)P(=O)(O)N=C(c1c(O)c(-c3cccs3)nn(Cc3ccccc3)c1=O)N2. The summed E-state index contributed by atoms with van der Waals surface area (Å²) in [4.78, 5) is 35.9. The number of thiophene rings is 1. The van der Waals surface area contributed by atoms with E-state index in [9.17, 15) is 24.2 Å². The highest BCUT2D eigenvalue weighted by Crippen LogP contribution is 2.48. The molecule has 0 radical (unpaired) electrons. The number of nitrogens with zero attached hydrogens (tertiary/aromatic N) is 3. The molecule has 5 N–H and O–H groups in total. The number of nitrogens with one attached hydrogen (secondary N) is 1. The van der Waals surface area contributed by atoms with E-state index >= 15 is 0 Å². The highest BCUT2D eigenvalue weighted by Gasteiger charge is 2.34. The van der Waals surface area contributed by atoms with Crippen LogP contribution in [0.25, 0.3) is 10.6 Å². The van der Waals surface area contributed by atoms with Crippen LogP contribution < -0.4 is 26.7 Å². The zero-order valence-corrected chi connectivity index (χ0v) is 20.8. The Labute approximate surface area is 214 Å². The Hall–Kier alpha value is -4.25. The molecule has 2 aromatic heterocycles. The molecule has 0 fully saturated rings. The molecular formula is C24H20N5O6PS. The highest BCUT2D eigenvalue weighted by atomic mass is 32.1. The third-order valence-corrected chi connectivity index (χ3v) is 7.79. The van der Waals surface area contributed by atoms with Gasteiger partial charge in [0, 0.05) is 0 Å². The number of benzene rings is 2. The van der Waals surface area contributed by atoms with E-state index in [2.05, 4.69) is 15.2 Å². The van der Waals surface area contributed by atoms with E-state index in [4.69, 9.17) is 10.5 Å². The summed E-state index contributed by atoms with van der Waals surface area (Å²) in [7, 11) is -4.42. The molecule has 1 atom stereocenters. The lowest BCUT2D eigenvalue weighted by Crippen LogP contribution is -2.34. The molecule has 1 unspecified atom stereocenters. The summed E-state index contributed by atoms with van der Waals surface area (Å²) in [6.07, 6.45) is 0. The minimum atomic E-state index is -4.42. The van der Waals surface area contributed by atoms with Gasteiger partial charge in [-0.2, -0.15) is 9.86 Å². The lowest BCUT2D eigenvalue weighted by atomic mass is 10.1. The summed E-state index contributed by atoms with van der Waals surface area (Å²) < 4.78 is 23.6. The number of hydrogen-bond acceptors (Lipinski definition) is 8. The van der Waals surface area contributed by atoms with Crippen molar-refractivity contribution in [2.24, 2.45) is 10.5 Å². The molecule has 37 heavy (non-hydrogen) atoms. The van der Waals surface area contributed by atoms with Crippen LogP contribution in [0.1, 0.15) is 11.1 Å². The van der Waals surface area contributed by atoms with Gasteiger partial charge in [0.2, 0.25) is 0 Å². The maximum atomic E-state index is 13.5. The molecule has 4 aromatic rings. The molecule has 11 nitrogen and oxygen atoms in total. The fourth-order valence-electron chi connectivity index (χ4n) is 3.78. The van der Waals surface area contributed by atoms with Gasteiger partial charge in [0.05, 0.1) is 22.4 Å². The molecule has 0 aliphatic carbocycles. The monoisotopic (exact) mass is 537 g/mol. The van der Waals surface area contributed by atoms with Crippen molar-refractivity contribution in [2.75, 3.05) is 11.9 Å². The predicted octanol–water partition coefficient (Wildman–Crippen LogP) is 2.27. The number of amidine groups is 1. The predicted molar refractivity (Wildman–Crippen MR) is 140 cm³/mol. The lowest BCUT2D eigenvalue weighted by Gasteiger charge is -2.23. The molecular weight excluding hydrogens is 517 g/mol. The largest absolute Gasteiger partial charge is 0.505 e. The van der Waals surface area contributed by atoms with Crippen LogP contribution in [-0.4, -0.2) is 38.1 Å². The number of anilines is 1. The average molecular weight is 537 g/mol. The van der Waals surface area contributed by atoms with Crippen molar-refractivity contribution >= 4 is 41.6 Å². The summed E-state index contributed by atoms with van der Waals surface area (Å²) >= 11 is 1.31. The van der Waals surface area contributed by atoms with Gasteiger partial charge in [0.25, 0.3) is 11.5 Å². The van der Waals surface area contributed by atoms with Gasteiger partial charge in [-0.1, -0.05) is 36.4 Å². The van der Waals surface area contributed by atoms with Crippen LogP contribution in [0.4, 0.5) is 5.69 Å². The van der Waals surface area contributed by atoms with Crippen LogP contribution in [-0.2, 0) is 15.9 Å². The molecule has 1 aliphatic rings. The maximum Gasteiger partial charge on any atom is 0.346 e. The Bertz CT molecular complexity index is 1640. The fourth-order valence-corrected chi connectivity index (χ4v) is 5.75. The quantitative estimate of drug-likeness (QED) is 0.260. The summed E-state index contributed by atoms with van der Waals surface area (Å²) in [6, 6.07) is 16.9. The third kappa shape index (κ3) is 4.90. The summed E-state index contributed by atoms with van der Waals surface area (Å²) in [6.45, 7) is -0.305. The van der Waals surface area contributed by atoms with Crippen molar-refractivity contribution in [3.8, 4) is 22.1 Å². The van der Waals surface area contributed by atoms with Gasteiger partial charge < -0.3 is 25.8 Å². The second-order valence-corrected chi connectivity index (χ2v) is 10.8. The summed E-state index contributed by atoms with van der Waals surface area (Å²) in [5, 5.41) is 20.1. The van der Waals surface area contributed by atoms with Crippen LogP contribution in [0, 0.1) is 0 Å². The van der Waals surface area contributed by atoms with Gasteiger partial charge in [-0.3, -0.25) is 14.2 Å². The topological polar surface area (TPSA) is 169 Å². The van der Waals surface area contributed by atoms with Crippen molar-refractivity contribution in [3.05, 3.63) is 87.5 Å². The smallest absolute Gasteiger partial charge is 0.346 e. The molecule has 0 bridgehead atoms. The average Bonchev–Trinajstić information content (AvgIpc) is 3.40. The van der Waals surface area contributed by atoms with Crippen LogP contribution in [0.15, 0.2) is 75.6 Å². The number of nitrogens with two attached hydrogens (primary N) is 1. The molecule has 1 aliphatic heterocycles. The number of aromatic hydroxyl groups is 1. The van der Waals surface area contributed by atoms with E-state index < -0.39 is 31.3 Å². The van der Waals surface area contributed by atoms with Crippen molar-refractivity contribution in [1.29, 1.82) is 0 Å². The van der Waals surface area contributed by atoms with Gasteiger partial charge in [-0.05, 0) is 35.2 Å². The number of amides is 1. The van der Waals surface area contributed by atoms with Crippen molar-refractivity contribution in [1.82, 2.24) is 9.78 Å². The van der Waals surface area contributed by atoms with E-state index in [1.54, 1.807) is 17.5 Å². The van der Waals surface area contributed by atoms with Gasteiger partial charge >= 0.3 is 7.52 Å². The number of carbonyl (C=O) groups excluding carboxylic acids is 1. The van der Waals surface area contributed by atoms with Crippen molar-refractivity contribution in [3.63, 3.8) is 0 Å². The normalized spacial score (nSPS) is 16.4. The summed E-state index contributed by atoms with van der Waals surface area (Å²) in [5.41, 5.74) is 5.22. The molecule has 0 saturated carbocycles. The number of ether oxygens (including phenoxy) is 1. The van der Waals surface area contributed by atoms with E-state index in [0.717, 1.165) is 5.56 Å². The zero-order valence-electron chi connectivity index (χ0n) is 19.1. The number of hydrogen-bond donors (Lipinski definition) is 4. The summed E-state index contributed by atoms with van der Waals surface area (Å²) in [5.74, 6) is -1.30. The number of aromatic nitrogens is 2. The van der Waals surface area contributed by atoms with Gasteiger partial charge in [-0.25, -0.2) is 4.68 Å². The molecule has 13 heteroatoms. The fraction of sp³-hybridized carbons (Fsp3) is 0.0833. The first-order valence-electron chi connectivity index (χ1n) is 10.9. The standard InChI is InChI=1S/C24H20N5O6PS/c25-19(30)13-35-15-8-9-16-17(11-15)36(33,34)28-23(26-16)20-22(31)21(18-7-4-10-37-18)27-29(24(20)32)12-14-5-2-1-3-6-14/h1-11,31H,12-13H2,(H2,25,30)(H2,26,28,33,34). The second kappa shape index (κ2) is 9.66. The highest BCUT2D eigenvalue weighted by molar-refractivity contribution is 7.65. The first-order chi connectivity index (χ1) is 17.7.